The zero-order valence-electron chi connectivity index (χ0n) is 6.68. The van der Waals surface area contributed by atoms with Gasteiger partial charge in [-0.3, -0.25) is 4.98 Å². The maximum atomic E-state index is 5.68. The SMILES string of the molecule is Nc1cnccc1Sc1ncco1. The van der Waals surface area contributed by atoms with E-state index >= 15 is 0 Å². The van der Waals surface area contributed by atoms with Crippen LogP contribution in [0.3, 0.4) is 0 Å². The van der Waals surface area contributed by atoms with E-state index in [-0.39, 0.29) is 0 Å². The maximum absolute atomic E-state index is 5.68. The summed E-state index contributed by atoms with van der Waals surface area (Å²) in [6.07, 6.45) is 6.41. The fourth-order valence-corrected chi connectivity index (χ4v) is 1.55. The van der Waals surface area contributed by atoms with Crippen LogP contribution in [0.1, 0.15) is 0 Å². The van der Waals surface area contributed by atoms with Gasteiger partial charge >= 0.3 is 0 Å². The highest BCUT2D eigenvalue weighted by molar-refractivity contribution is 7.99. The Balaban J connectivity index is 2.24. The van der Waals surface area contributed by atoms with Gasteiger partial charge in [0.15, 0.2) is 0 Å². The highest BCUT2D eigenvalue weighted by Gasteiger charge is 2.03. The lowest BCUT2D eigenvalue weighted by atomic mass is 10.4. The lowest BCUT2D eigenvalue weighted by Crippen LogP contribution is -1.88. The molecular weight excluding hydrogens is 186 g/mol. The minimum Gasteiger partial charge on any atom is -0.440 e. The number of rotatable bonds is 2. The molecule has 0 aliphatic carbocycles. The van der Waals surface area contributed by atoms with Crippen LogP contribution >= 0.6 is 11.8 Å². The van der Waals surface area contributed by atoms with Crippen LogP contribution in [0.2, 0.25) is 0 Å². The normalized spacial score (nSPS) is 10.2. The van der Waals surface area contributed by atoms with E-state index in [1.54, 1.807) is 18.6 Å². The van der Waals surface area contributed by atoms with E-state index in [9.17, 15) is 0 Å². The third-order valence-electron chi connectivity index (χ3n) is 1.42. The zero-order valence-corrected chi connectivity index (χ0v) is 7.49. The van der Waals surface area contributed by atoms with Gasteiger partial charge in [0.1, 0.15) is 6.26 Å². The summed E-state index contributed by atoms with van der Waals surface area (Å²) < 4.78 is 5.07. The van der Waals surface area contributed by atoms with Crippen LogP contribution in [0.25, 0.3) is 0 Å². The van der Waals surface area contributed by atoms with E-state index in [1.165, 1.54) is 18.0 Å². The monoisotopic (exact) mass is 193 g/mol. The maximum Gasteiger partial charge on any atom is 0.260 e. The molecule has 13 heavy (non-hydrogen) atoms. The van der Waals surface area contributed by atoms with Crippen molar-refractivity contribution in [2.24, 2.45) is 0 Å². The lowest BCUT2D eigenvalue weighted by Gasteiger charge is -1.99. The molecule has 0 spiro atoms. The van der Waals surface area contributed by atoms with Crippen LogP contribution < -0.4 is 5.73 Å². The van der Waals surface area contributed by atoms with Crippen LogP contribution in [-0.4, -0.2) is 9.97 Å². The largest absolute Gasteiger partial charge is 0.440 e. The first-order chi connectivity index (χ1) is 6.36. The minimum atomic E-state index is 0.581. The Labute approximate surface area is 79.2 Å². The summed E-state index contributed by atoms with van der Waals surface area (Å²) in [5.41, 5.74) is 6.31. The van der Waals surface area contributed by atoms with Crippen molar-refractivity contribution in [3.8, 4) is 0 Å². The first-order valence-electron chi connectivity index (χ1n) is 3.63. The molecule has 2 aromatic rings. The molecule has 2 aromatic heterocycles. The quantitative estimate of drug-likeness (QED) is 0.787. The van der Waals surface area contributed by atoms with Gasteiger partial charge in [-0.05, 0) is 17.8 Å². The molecule has 66 valence electrons. The second-order valence-electron chi connectivity index (χ2n) is 2.31. The van der Waals surface area contributed by atoms with Gasteiger partial charge < -0.3 is 10.2 Å². The van der Waals surface area contributed by atoms with Gasteiger partial charge in [-0.1, -0.05) is 0 Å². The first-order valence-corrected chi connectivity index (χ1v) is 4.45. The topological polar surface area (TPSA) is 64.9 Å². The molecule has 0 radical (unpaired) electrons. The van der Waals surface area contributed by atoms with Crippen molar-refractivity contribution in [3.63, 3.8) is 0 Å². The molecule has 0 saturated heterocycles. The summed E-state index contributed by atoms with van der Waals surface area (Å²) in [7, 11) is 0. The number of pyridine rings is 1. The molecule has 2 rings (SSSR count). The molecule has 2 heterocycles. The van der Waals surface area contributed by atoms with Crippen molar-refractivity contribution >= 4 is 17.4 Å². The Kier molecular flexibility index (Phi) is 2.18. The molecule has 0 unspecified atom stereocenters. The van der Waals surface area contributed by atoms with Crippen molar-refractivity contribution in [1.82, 2.24) is 9.97 Å². The van der Waals surface area contributed by atoms with Crippen molar-refractivity contribution in [3.05, 3.63) is 30.9 Å². The molecule has 0 bridgehead atoms. The summed E-state index contributed by atoms with van der Waals surface area (Å²) in [5, 5.41) is 0.581. The molecule has 4 nitrogen and oxygen atoms in total. The van der Waals surface area contributed by atoms with Crippen LogP contribution in [0.5, 0.6) is 0 Å². The number of nitrogens with two attached hydrogens (primary N) is 1. The van der Waals surface area contributed by atoms with E-state index < -0.39 is 0 Å². The molecule has 5 heteroatoms. The number of anilines is 1. The molecule has 0 aliphatic rings. The second-order valence-corrected chi connectivity index (χ2v) is 3.31. The number of aromatic nitrogens is 2. The smallest absolute Gasteiger partial charge is 0.260 e. The number of nitrogen functional groups attached to an aromatic ring is 1. The average Bonchev–Trinajstić information content (AvgIpc) is 2.61. The third kappa shape index (κ3) is 1.81. The van der Waals surface area contributed by atoms with E-state index in [0.717, 1.165) is 4.90 Å². The molecule has 0 fully saturated rings. The Bertz CT molecular complexity index is 388. The summed E-state index contributed by atoms with van der Waals surface area (Å²) in [5.74, 6) is 0. The number of hydrogen-bond donors (Lipinski definition) is 1. The fourth-order valence-electron chi connectivity index (χ4n) is 0.842. The molecule has 0 saturated carbocycles. The molecule has 0 aliphatic heterocycles. The second kappa shape index (κ2) is 3.49. The summed E-state index contributed by atoms with van der Waals surface area (Å²) in [6, 6.07) is 1.82. The van der Waals surface area contributed by atoms with Crippen LogP contribution in [-0.2, 0) is 0 Å². The van der Waals surface area contributed by atoms with Gasteiger partial charge in [-0.2, -0.15) is 0 Å². The van der Waals surface area contributed by atoms with Crippen LogP contribution in [0.15, 0.2) is 45.5 Å². The average molecular weight is 193 g/mol. The Morgan fingerprint density at radius 2 is 2.31 bits per heavy atom. The van der Waals surface area contributed by atoms with Gasteiger partial charge in [0, 0.05) is 11.1 Å². The van der Waals surface area contributed by atoms with Crippen molar-refractivity contribution in [2.75, 3.05) is 5.73 Å². The standard InChI is InChI=1S/C8H7N3OS/c9-6-5-10-2-1-7(6)13-8-11-3-4-12-8/h1-5H,9H2. The Morgan fingerprint density at radius 3 is 3.00 bits per heavy atom. The third-order valence-corrected chi connectivity index (χ3v) is 2.38. The molecule has 2 N–H and O–H groups in total. The van der Waals surface area contributed by atoms with Crippen molar-refractivity contribution < 1.29 is 4.42 Å². The van der Waals surface area contributed by atoms with E-state index in [4.69, 9.17) is 10.2 Å². The van der Waals surface area contributed by atoms with Gasteiger partial charge in [0.05, 0.1) is 18.1 Å². The van der Waals surface area contributed by atoms with E-state index in [0.29, 0.717) is 10.9 Å². The minimum absolute atomic E-state index is 0.581. The van der Waals surface area contributed by atoms with Gasteiger partial charge in [-0.25, -0.2) is 4.98 Å². The predicted molar refractivity (Wildman–Crippen MR) is 49.3 cm³/mol. The van der Waals surface area contributed by atoms with Gasteiger partial charge in [-0.15, -0.1) is 0 Å². The number of oxazole rings is 1. The highest BCUT2D eigenvalue weighted by Crippen LogP contribution is 2.29. The van der Waals surface area contributed by atoms with E-state index in [1.807, 2.05) is 6.07 Å². The lowest BCUT2D eigenvalue weighted by molar-refractivity contribution is 0.454. The summed E-state index contributed by atoms with van der Waals surface area (Å²) >= 11 is 1.38. The predicted octanol–water partition coefficient (Wildman–Crippen LogP) is 1.80. The zero-order chi connectivity index (χ0) is 9.10. The van der Waals surface area contributed by atoms with Crippen LogP contribution in [0.4, 0.5) is 5.69 Å². The summed E-state index contributed by atoms with van der Waals surface area (Å²) in [6.45, 7) is 0. The molecular formula is C8H7N3OS. The first kappa shape index (κ1) is 8.12. The summed E-state index contributed by atoms with van der Waals surface area (Å²) in [4.78, 5) is 8.76. The Hall–Kier alpha value is -1.49. The Morgan fingerprint density at radius 1 is 1.38 bits per heavy atom. The molecule has 0 aromatic carbocycles. The highest BCUT2D eigenvalue weighted by atomic mass is 32.2. The molecule has 0 atom stereocenters. The van der Waals surface area contributed by atoms with Gasteiger partial charge in [0.2, 0.25) is 0 Å². The van der Waals surface area contributed by atoms with Crippen molar-refractivity contribution in [2.45, 2.75) is 10.1 Å². The van der Waals surface area contributed by atoms with Crippen molar-refractivity contribution in [1.29, 1.82) is 0 Å². The fraction of sp³-hybridized carbons (Fsp3) is 0. The number of hydrogen-bond acceptors (Lipinski definition) is 5. The van der Waals surface area contributed by atoms with Gasteiger partial charge in [0.25, 0.3) is 5.22 Å². The van der Waals surface area contributed by atoms with E-state index in [2.05, 4.69) is 9.97 Å². The number of nitrogens with zero attached hydrogens (tertiary/aromatic N) is 2. The molecule has 0 amide bonds. The van der Waals surface area contributed by atoms with Crippen LogP contribution in [0, 0.1) is 0 Å².